The van der Waals surface area contributed by atoms with E-state index in [1.165, 1.54) is 106 Å². The van der Waals surface area contributed by atoms with Crippen LogP contribution in [-0.2, 0) is 0 Å². The van der Waals surface area contributed by atoms with E-state index < -0.39 is 5.95 Å². The van der Waals surface area contributed by atoms with Crippen molar-refractivity contribution >= 4 is 266 Å². The summed E-state index contributed by atoms with van der Waals surface area (Å²) in [7, 11) is 32.5. The fourth-order valence-electron chi connectivity index (χ4n) is 14.6. The number of imidazole rings is 8. The molecular formula is C108H110F4I4N26S8. The van der Waals surface area contributed by atoms with Gasteiger partial charge >= 0.3 is 0 Å². The van der Waals surface area contributed by atoms with Gasteiger partial charge in [0.2, 0.25) is 5.95 Å². The molecular weight excluding hydrogens is 2500 g/mol. The molecule has 0 unspecified atom stereocenters. The molecule has 0 saturated heterocycles. The number of aryl methyl sites for hydroxylation is 4. The van der Waals surface area contributed by atoms with Gasteiger partial charge in [-0.05, 0) is 299 Å². The summed E-state index contributed by atoms with van der Waals surface area (Å²) in [4.78, 5) is 62.4. The maximum absolute atomic E-state index is 13.5. The standard InChI is InChI=1S/C14H14FN3S.C14H14IN3S.C13H13FN4S.2C13H12FN3S.C13H13IN4S.2C13H12IN3S.2CH4/c2*1-9-6-13-16-11(8-18(13)7-10(9)15)12-4-5-14(19-12)17(2)3;1-8-6-11-15-9(7-18(11)16-13(8)14)10-4-5-12(19-10)17(2)3;1-16(2)13-6-4-11(18-13)10-8-17-7-9(14)3-5-12(17)15-10;1-16(2)13-4-3-11(18-13)10-8-17-6-5-9(14)7-12(17)15-10;1-8-6-11-15-9(7-18(11)16-13(8)14)10-4-5-12(19-10)17(2)3;1-16(2)13-6-4-11(18-13)10-8-17-7-9(14)3-5-12(17)15-10;1-16(2)13-4-3-11(18-13)10-8-17-6-5-9(14)7-12(17)15-10;;/h2*4-8H,1-3H3;4-7H,1-3H3;2*3-8H,1-2H3;4-7H,1-3H3;2*3-8H,1-2H3;2*1H4. The highest BCUT2D eigenvalue weighted by atomic mass is 127. The lowest BCUT2D eigenvalue weighted by atomic mass is 10.3. The molecule has 42 heteroatoms. The summed E-state index contributed by atoms with van der Waals surface area (Å²) >= 11 is 22.9. The molecule has 26 nitrogen and oxygen atoms in total. The number of rotatable bonds is 16. The second-order valence-electron chi connectivity index (χ2n) is 35.7. The molecule has 0 amide bonds. The third-order valence-corrected chi connectivity index (χ3v) is 36.3. The first kappa shape index (κ1) is 112. The quantitative estimate of drug-likeness (QED) is 0.0655. The van der Waals surface area contributed by atoms with E-state index in [1.807, 2.05) is 152 Å². The van der Waals surface area contributed by atoms with E-state index in [0.29, 0.717) is 22.4 Å². The number of aromatic nitrogens is 18. The van der Waals surface area contributed by atoms with Crippen molar-refractivity contribution in [1.82, 2.24) is 85.5 Å². The molecule has 776 valence electrons. The van der Waals surface area contributed by atoms with Gasteiger partial charge < -0.3 is 65.6 Å². The van der Waals surface area contributed by atoms with Gasteiger partial charge in [0, 0.05) is 209 Å². The van der Waals surface area contributed by atoms with E-state index in [4.69, 9.17) is 4.98 Å². The summed E-state index contributed by atoms with van der Waals surface area (Å²) in [5.41, 5.74) is 17.8. The molecule has 24 aromatic heterocycles. The molecule has 0 aliphatic carbocycles. The maximum Gasteiger partial charge on any atom is 0.234 e. The Bertz CT molecular complexity index is 7630. The molecule has 24 rings (SSSR count). The van der Waals surface area contributed by atoms with Crippen molar-refractivity contribution in [3.8, 4) is 84.6 Å². The molecule has 0 atom stereocenters. The van der Waals surface area contributed by atoms with E-state index in [9.17, 15) is 17.6 Å². The molecule has 0 fully saturated rings. The minimum absolute atomic E-state index is 0. The normalized spacial score (nSPS) is 11.0. The van der Waals surface area contributed by atoms with E-state index in [0.717, 1.165) is 113 Å². The first-order valence-electron chi connectivity index (χ1n) is 45.8. The van der Waals surface area contributed by atoms with Crippen LogP contribution in [0.5, 0.6) is 0 Å². The Balaban J connectivity index is 0.000000128. The number of thiophene rings is 8. The van der Waals surface area contributed by atoms with Gasteiger partial charge in [-0.1, -0.05) is 14.9 Å². The number of fused-ring (bicyclic) bond motifs is 8. The van der Waals surface area contributed by atoms with Crippen LogP contribution in [0.25, 0.3) is 130 Å². The topological polar surface area (TPSA) is 190 Å². The summed E-state index contributed by atoms with van der Waals surface area (Å²) in [6, 6.07) is 55.3. The van der Waals surface area contributed by atoms with Gasteiger partial charge in [0.1, 0.15) is 66.4 Å². The fraction of sp³-hybridized carbons (Fsp3) is 0.204. The number of hydrogen-bond donors (Lipinski definition) is 0. The van der Waals surface area contributed by atoms with Crippen LogP contribution in [0.3, 0.4) is 0 Å². The predicted octanol–water partition coefficient (Wildman–Crippen LogP) is 29.3. The Morgan fingerprint density at radius 3 is 0.893 bits per heavy atom. The second kappa shape index (κ2) is 48.8. The minimum Gasteiger partial charge on any atom is -0.370 e. The zero-order chi connectivity index (χ0) is 105. The largest absolute Gasteiger partial charge is 0.370 e. The van der Waals surface area contributed by atoms with Crippen LogP contribution in [0.4, 0.5) is 57.6 Å². The van der Waals surface area contributed by atoms with Gasteiger partial charge in [-0.25, -0.2) is 62.1 Å². The molecule has 0 spiro atoms. The molecule has 0 aliphatic heterocycles. The van der Waals surface area contributed by atoms with Gasteiger partial charge in [0.05, 0.1) is 126 Å². The summed E-state index contributed by atoms with van der Waals surface area (Å²) < 4.78 is 72.6. The first-order chi connectivity index (χ1) is 70.7. The highest BCUT2D eigenvalue weighted by Gasteiger charge is 2.20. The molecule has 24 aromatic rings. The third-order valence-electron chi connectivity index (χ3n) is 22.6. The minimum atomic E-state index is -0.461. The average molecular weight is 2610 g/mol. The first-order valence-corrected chi connectivity index (χ1v) is 56.7. The summed E-state index contributed by atoms with van der Waals surface area (Å²) in [6.07, 6.45) is 26.5. The molecule has 0 saturated carbocycles. The summed E-state index contributed by atoms with van der Waals surface area (Å²) in [6.45, 7) is 7.61. The Morgan fingerprint density at radius 1 is 0.233 bits per heavy atom. The molecule has 0 bridgehead atoms. The van der Waals surface area contributed by atoms with Crippen LogP contribution >= 0.6 is 181 Å². The fourth-order valence-corrected chi connectivity index (χ4v) is 23.5. The zero-order valence-electron chi connectivity index (χ0n) is 84.2. The van der Waals surface area contributed by atoms with Crippen LogP contribution in [0, 0.1) is 65.5 Å². The third kappa shape index (κ3) is 26.8. The maximum atomic E-state index is 13.5. The van der Waals surface area contributed by atoms with Gasteiger partial charge in [-0.2, -0.15) is 9.49 Å². The SMILES string of the molecule is C.C.CN(C)c1ccc(-c2cn3cc(F)ccc3n2)s1.CN(C)c1ccc(-c2cn3cc(I)ccc3n2)s1.CN(C)c1ccc(-c2cn3ccc(F)cc3n2)s1.CN(C)c1ccc(-c2cn3ccc(I)cc3n2)s1.Cc1cc2nc(-c3ccc(N(C)C)s3)cn2cc1F.Cc1cc2nc(-c3ccc(N(C)C)s3)cn2cc1I.Cc1cc2nc(-c3ccc(N(C)C)s3)cn2nc1F.Cc1cc2nc(-c3ccc(N(C)C)s3)cn2nc1I. The molecule has 0 aromatic carbocycles. The summed E-state index contributed by atoms with van der Waals surface area (Å²) in [5, 5.41) is 18.0. The van der Waals surface area contributed by atoms with E-state index in [1.54, 1.807) is 144 Å². The van der Waals surface area contributed by atoms with Crippen LogP contribution in [-0.4, -0.2) is 198 Å². The monoisotopic (exact) mass is 2610 g/mol. The second-order valence-corrected chi connectivity index (χ2v) is 48.9. The van der Waals surface area contributed by atoms with Crippen LogP contribution < -0.4 is 39.2 Å². The highest BCUT2D eigenvalue weighted by Crippen LogP contribution is 2.41. The van der Waals surface area contributed by atoms with Crippen molar-refractivity contribution in [2.24, 2.45) is 0 Å². The van der Waals surface area contributed by atoms with Gasteiger partial charge in [-0.3, -0.25) is 0 Å². The summed E-state index contributed by atoms with van der Waals surface area (Å²) in [5.74, 6) is -1.19. The Morgan fingerprint density at radius 2 is 0.520 bits per heavy atom. The van der Waals surface area contributed by atoms with Crippen molar-refractivity contribution in [3.63, 3.8) is 0 Å². The number of anilines is 8. The number of hydrogen-bond acceptors (Lipinski definition) is 26. The van der Waals surface area contributed by atoms with Gasteiger partial charge in [-0.15, -0.1) is 95.8 Å². The van der Waals surface area contributed by atoms with Gasteiger partial charge in [0.25, 0.3) is 0 Å². The number of halogens is 8. The van der Waals surface area contributed by atoms with Crippen molar-refractivity contribution < 1.29 is 17.6 Å². The lowest BCUT2D eigenvalue weighted by Crippen LogP contribution is -2.05. The van der Waals surface area contributed by atoms with Crippen LogP contribution in [0.2, 0.25) is 0 Å². The van der Waals surface area contributed by atoms with E-state index in [2.05, 4.69) is 367 Å². The lowest BCUT2D eigenvalue weighted by molar-refractivity contribution is 0.546. The van der Waals surface area contributed by atoms with Gasteiger partial charge in [0.15, 0.2) is 11.3 Å². The van der Waals surface area contributed by atoms with Crippen molar-refractivity contribution in [2.45, 2.75) is 42.5 Å². The number of nitrogens with zero attached hydrogens (tertiary/aromatic N) is 26. The average Bonchev–Trinajstić information content (AvgIpc) is 1.70. The molecule has 0 radical (unpaired) electrons. The molecule has 24 heterocycles. The Labute approximate surface area is 954 Å². The van der Waals surface area contributed by atoms with Crippen LogP contribution in [0.1, 0.15) is 37.1 Å². The molecule has 150 heavy (non-hydrogen) atoms. The molecule has 0 N–H and O–H groups in total. The van der Waals surface area contributed by atoms with Crippen LogP contribution in [0.15, 0.2) is 257 Å². The van der Waals surface area contributed by atoms with Crippen molar-refractivity contribution in [1.29, 1.82) is 0 Å². The Hall–Kier alpha value is -12.0. The van der Waals surface area contributed by atoms with E-state index in [-0.39, 0.29) is 32.3 Å². The van der Waals surface area contributed by atoms with Crippen molar-refractivity contribution in [3.05, 3.63) is 317 Å². The highest BCUT2D eigenvalue weighted by molar-refractivity contribution is 14.1. The van der Waals surface area contributed by atoms with Crippen molar-refractivity contribution in [2.75, 3.05) is 152 Å². The van der Waals surface area contributed by atoms with E-state index >= 15 is 0 Å². The number of pyridine rings is 6. The smallest absolute Gasteiger partial charge is 0.234 e. The lowest BCUT2D eigenvalue weighted by Gasteiger charge is -2.06. The zero-order valence-corrected chi connectivity index (χ0v) is 99.3. The molecule has 0 aliphatic rings. The predicted molar refractivity (Wildman–Crippen MR) is 661 cm³/mol. The Kier molecular flexibility index (Phi) is 36.4.